The number of hydrogen-bond donors (Lipinski definition) is 0. The molecule has 0 amide bonds. The van der Waals surface area contributed by atoms with Crippen molar-refractivity contribution >= 4 is 74.9 Å². The summed E-state index contributed by atoms with van der Waals surface area (Å²) in [5.74, 6) is 0.706. The third kappa shape index (κ3) is 5.19. The molecule has 0 saturated carbocycles. The Bertz CT molecular complexity index is 3560. The summed E-state index contributed by atoms with van der Waals surface area (Å²) in [4.78, 5) is 10.6. The molecule has 0 atom stereocenters. The molecular formula is C54H33N3S. The van der Waals surface area contributed by atoms with Gasteiger partial charge in [-0.1, -0.05) is 152 Å². The lowest BCUT2D eigenvalue weighted by atomic mass is 9.96. The molecule has 0 aliphatic rings. The van der Waals surface area contributed by atoms with Crippen LogP contribution in [0.3, 0.4) is 0 Å². The second kappa shape index (κ2) is 13.1. The molecule has 58 heavy (non-hydrogen) atoms. The van der Waals surface area contributed by atoms with Gasteiger partial charge in [0.05, 0.1) is 28.1 Å². The zero-order valence-corrected chi connectivity index (χ0v) is 32.1. The lowest BCUT2D eigenvalue weighted by molar-refractivity contribution is 1.19. The minimum atomic E-state index is 0.706. The van der Waals surface area contributed by atoms with Gasteiger partial charge in [0.25, 0.3) is 0 Å². The predicted molar refractivity (Wildman–Crippen MR) is 246 cm³/mol. The smallest absolute Gasteiger partial charge is 0.160 e. The Morgan fingerprint density at radius 3 is 1.86 bits per heavy atom. The van der Waals surface area contributed by atoms with E-state index in [1.165, 1.54) is 74.8 Å². The molecule has 4 heteroatoms. The van der Waals surface area contributed by atoms with Crippen LogP contribution in [0.5, 0.6) is 0 Å². The van der Waals surface area contributed by atoms with Gasteiger partial charge in [0.1, 0.15) is 0 Å². The predicted octanol–water partition coefficient (Wildman–Crippen LogP) is 14.9. The van der Waals surface area contributed by atoms with E-state index >= 15 is 0 Å². The van der Waals surface area contributed by atoms with Crippen molar-refractivity contribution in [1.82, 2.24) is 14.5 Å². The highest BCUT2D eigenvalue weighted by atomic mass is 32.1. The van der Waals surface area contributed by atoms with Crippen molar-refractivity contribution in [3.63, 3.8) is 0 Å². The Morgan fingerprint density at radius 2 is 1.02 bits per heavy atom. The number of para-hydroxylation sites is 1. The fourth-order valence-corrected chi connectivity index (χ4v) is 10.2. The van der Waals surface area contributed by atoms with Crippen LogP contribution in [0.15, 0.2) is 200 Å². The van der Waals surface area contributed by atoms with Crippen molar-refractivity contribution in [2.24, 2.45) is 0 Å². The average molecular weight is 756 g/mol. The van der Waals surface area contributed by atoms with Gasteiger partial charge in [-0.3, -0.25) is 0 Å². The van der Waals surface area contributed by atoms with E-state index in [1.807, 2.05) is 17.4 Å². The van der Waals surface area contributed by atoms with Crippen LogP contribution in [0.1, 0.15) is 0 Å². The minimum absolute atomic E-state index is 0.706. The number of thiophene rings is 1. The SMILES string of the molecule is c1ccc(-c2cccc(-c3cc(-c4cc5cccc(-n6c7ccccc7c7cc8ccccc8cc76)c5c5sc6ccccc6c45)nc(-c4ccccc4)n3)c2)cc1. The molecule has 0 aliphatic carbocycles. The number of benzene rings is 9. The molecule has 3 heterocycles. The second-order valence-corrected chi connectivity index (χ2v) is 16.0. The van der Waals surface area contributed by atoms with Gasteiger partial charge in [-0.2, -0.15) is 0 Å². The van der Waals surface area contributed by atoms with Crippen LogP contribution in [0.4, 0.5) is 0 Å². The Balaban J connectivity index is 1.16. The molecule has 0 N–H and O–H groups in total. The highest BCUT2D eigenvalue weighted by Gasteiger charge is 2.22. The minimum Gasteiger partial charge on any atom is -0.309 e. The largest absolute Gasteiger partial charge is 0.309 e. The topological polar surface area (TPSA) is 30.7 Å². The molecule has 12 aromatic rings. The van der Waals surface area contributed by atoms with Crippen molar-refractivity contribution in [2.75, 3.05) is 0 Å². The van der Waals surface area contributed by atoms with Crippen molar-refractivity contribution < 1.29 is 0 Å². The summed E-state index contributed by atoms with van der Waals surface area (Å²) in [6, 6.07) is 71.9. The van der Waals surface area contributed by atoms with Gasteiger partial charge in [-0.15, -0.1) is 11.3 Å². The summed E-state index contributed by atoms with van der Waals surface area (Å²) in [6.07, 6.45) is 0. The molecule has 3 aromatic heterocycles. The number of nitrogens with zero attached hydrogens (tertiary/aromatic N) is 3. The lowest BCUT2D eigenvalue weighted by Crippen LogP contribution is -1.98. The third-order valence-electron chi connectivity index (χ3n) is 11.5. The van der Waals surface area contributed by atoms with Crippen LogP contribution in [0.2, 0.25) is 0 Å². The zero-order valence-electron chi connectivity index (χ0n) is 31.3. The van der Waals surface area contributed by atoms with Gasteiger partial charge in [0.2, 0.25) is 0 Å². The molecule has 3 nitrogen and oxygen atoms in total. The molecular weight excluding hydrogens is 723 g/mol. The van der Waals surface area contributed by atoms with E-state index in [0.29, 0.717) is 5.82 Å². The monoisotopic (exact) mass is 755 g/mol. The number of hydrogen-bond acceptors (Lipinski definition) is 3. The van der Waals surface area contributed by atoms with Crippen LogP contribution in [0.25, 0.3) is 114 Å². The van der Waals surface area contributed by atoms with E-state index in [2.05, 4.69) is 199 Å². The van der Waals surface area contributed by atoms with Gasteiger partial charge in [0.15, 0.2) is 5.82 Å². The van der Waals surface area contributed by atoms with Gasteiger partial charge in [0, 0.05) is 53.0 Å². The summed E-state index contributed by atoms with van der Waals surface area (Å²) < 4.78 is 4.99. The first-order valence-corrected chi connectivity index (χ1v) is 20.5. The van der Waals surface area contributed by atoms with E-state index in [-0.39, 0.29) is 0 Å². The van der Waals surface area contributed by atoms with Crippen molar-refractivity contribution in [3.05, 3.63) is 200 Å². The number of fused-ring (bicyclic) bond motifs is 9. The fourth-order valence-electron chi connectivity index (χ4n) is 8.88. The molecule has 0 fully saturated rings. The Morgan fingerprint density at radius 1 is 0.379 bits per heavy atom. The zero-order chi connectivity index (χ0) is 38.2. The highest BCUT2D eigenvalue weighted by Crippen LogP contribution is 2.47. The van der Waals surface area contributed by atoms with E-state index in [1.54, 1.807) is 0 Å². The second-order valence-electron chi connectivity index (χ2n) is 14.9. The van der Waals surface area contributed by atoms with E-state index in [0.717, 1.165) is 33.6 Å². The Hall–Kier alpha value is -7.40. The average Bonchev–Trinajstić information content (AvgIpc) is 3.84. The summed E-state index contributed by atoms with van der Waals surface area (Å²) in [7, 11) is 0. The molecule has 0 radical (unpaired) electrons. The van der Waals surface area contributed by atoms with Crippen LogP contribution in [-0.2, 0) is 0 Å². The lowest BCUT2D eigenvalue weighted by Gasteiger charge is -2.16. The molecule has 12 rings (SSSR count). The van der Waals surface area contributed by atoms with Gasteiger partial charge < -0.3 is 4.57 Å². The van der Waals surface area contributed by atoms with E-state index in [4.69, 9.17) is 9.97 Å². The Kier molecular flexibility index (Phi) is 7.40. The third-order valence-corrected chi connectivity index (χ3v) is 12.7. The summed E-state index contributed by atoms with van der Waals surface area (Å²) in [6.45, 7) is 0. The van der Waals surface area contributed by atoms with Crippen LogP contribution < -0.4 is 0 Å². The van der Waals surface area contributed by atoms with Crippen molar-refractivity contribution in [1.29, 1.82) is 0 Å². The molecule has 9 aromatic carbocycles. The fraction of sp³-hybridized carbons (Fsp3) is 0. The Labute approximate surface area is 338 Å². The van der Waals surface area contributed by atoms with E-state index in [9.17, 15) is 0 Å². The molecule has 0 unspecified atom stereocenters. The first-order chi connectivity index (χ1) is 28.7. The maximum absolute atomic E-state index is 5.39. The molecule has 0 saturated heterocycles. The normalized spacial score (nSPS) is 11.8. The number of aromatic nitrogens is 3. The summed E-state index contributed by atoms with van der Waals surface area (Å²) >= 11 is 1.87. The first kappa shape index (κ1) is 32.8. The quantitative estimate of drug-likeness (QED) is 0.175. The molecule has 0 aliphatic heterocycles. The maximum Gasteiger partial charge on any atom is 0.160 e. The standard InChI is InChI=1S/C54H33N3S/c1-3-15-34(16-4-1)36-21-13-22-39(29-36)45-33-46(56-54(55-45)35-17-5-2-6-18-35)44-31-40-23-14-27-48(51(40)53-52(44)42-25-10-12-28-50(42)58-53)57-47-26-11-9-24-41(47)43-30-37-19-7-8-20-38(37)32-49(43)57/h1-33H. The van der Waals surface area contributed by atoms with Crippen molar-refractivity contribution in [2.45, 2.75) is 0 Å². The molecule has 0 spiro atoms. The molecule has 270 valence electrons. The molecule has 0 bridgehead atoms. The van der Waals surface area contributed by atoms with Gasteiger partial charge in [-0.05, 0) is 75.8 Å². The maximum atomic E-state index is 5.39. The van der Waals surface area contributed by atoms with E-state index < -0.39 is 0 Å². The van der Waals surface area contributed by atoms with Crippen LogP contribution in [-0.4, -0.2) is 14.5 Å². The van der Waals surface area contributed by atoms with Crippen LogP contribution in [0, 0.1) is 0 Å². The number of rotatable bonds is 5. The van der Waals surface area contributed by atoms with Gasteiger partial charge >= 0.3 is 0 Å². The van der Waals surface area contributed by atoms with Gasteiger partial charge in [-0.25, -0.2) is 9.97 Å². The highest BCUT2D eigenvalue weighted by molar-refractivity contribution is 7.26. The van der Waals surface area contributed by atoms with Crippen molar-refractivity contribution in [3.8, 4) is 50.7 Å². The first-order valence-electron chi connectivity index (χ1n) is 19.7. The summed E-state index contributed by atoms with van der Waals surface area (Å²) in [5.41, 5.74) is 10.8. The van der Waals surface area contributed by atoms with Crippen LogP contribution >= 0.6 is 11.3 Å². The summed E-state index contributed by atoms with van der Waals surface area (Å²) in [5, 5.41) is 9.85.